The zero-order valence-corrected chi connectivity index (χ0v) is 25.7. The number of carbonyl (C=O) groups excluding carboxylic acids is 3. The molecule has 1 aromatic heterocycles. The predicted molar refractivity (Wildman–Crippen MR) is 163 cm³/mol. The first-order chi connectivity index (χ1) is 22.6. The third kappa shape index (κ3) is 7.23. The Labute approximate surface area is 272 Å². The van der Waals surface area contributed by atoms with Crippen LogP contribution >= 0.6 is 11.3 Å². The Hall–Kier alpha value is -4.70. The quantitative estimate of drug-likeness (QED) is 0.168. The molecule has 0 bridgehead atoms. The van der Waals surface area contributed by atoms with Crippen LogP contribution in [0.25, 0.3) is 10.1 Å². The molecule has 4 aromatic rings. The number of methoxy groups -OCH3 is 1. The van der Waals surface area contributed by atoms with E-state index in [4.69, 9.17) is 9.84 Å². The van der Waals surface area contributed by atoms with Gasteiger partial charge in [-0.2, -0.15) is 26.3 Å². The van der Waals surface area contributed by atoms with Crippen LogP contribution in [0.5, 0.6) is 5.75 Å². The number of hydrogen-bond donors (Lipinski definition) is 3. The molecule has 0 radical (unpaired) electrons. The van der Waals surface area contributed by atoms with Crippen LogP contribution in [0.2, 0.25) is 0 Å². The van der Waals surface area contributed by atoms with Gasteiger partial charge in [-0.25, -0.2) is 4.39 Å². The van der Waals surface area contributed by atoms with E-state index in [9.17, 15) is 45.1 Å². The number of alkyl halides is 6. The number of aliphatic hydroxyl groups is 1. The number of carbonyl (C=O) groups is 3. The molecule has 3 N–H and O–H groups in total. The van der Waals surface area contributed by atoms with Gasteiger partial charge in [0.15, 0.2) is 0 Å². The van der Waals surface area contributed by atoms with Crippen molar-refractivity contribution in [3.63, 3.8) is 0 Å². The van der Waals surface area contributed by atoms with Gasteiger partial charge in [-0.1, -0.05) is 12.1 Å². The lowest BCUT2D eigenvalue weighted by Gasteiger charge is -2.17. The van der Waals surface area contributed by atoms with Gasteiger partial charge in [-0.15, -0.1) is 11.3 Å². The van der Waals surface area contributed by atoms with Gasteiger partial charge in [-0.3, -0.25) is 14.4 Å². The van der Waals surface area contributed by atoms with Crippen LogP contribution in [0, 0.1) is 5.82 Å². The summed E-state index contributed by atoms with van der Waals surface area (Å²) in [6, 6.07) is 9.14. The monoisotopic (exact) mass is 697 g/mol. The van der Waals surface area contributed by atoms with Gasteiger partial charge < -0.3 is 25.4 Å². The van der Waals surface area contributed by atoms with Crippen LogP contribution in [0.1, 0.15) is 55.5 Å². The van der Waals surface area contributed by atoms with Gasteiger partial charge in [-0.05, 0) is 54.4 Å². The first kappa shape index (κ1) is 34.6. The fourth-order valence-corrected chi connectivity index (χ4v) is 6.51. The van der Waals surface area contributed by atoms with Gasteiger partial charge in [0.2, 0.25) is 5.91 Å². The normalized spacial score (nSPS) is 15.1. The summed E-state index contributed by atoms with van der Waals surface area (Å²) in [4.78, 5) is 40.7. The Morgan fingerprint density at radius 3 is 2.38 bits per heavy atom. The second kappa shape index (κ2) is 13.4. The minimum Gasteiger partial charge on any atom is -0.496 e. The van der Waals surface area contributed by atoms with Gasteiger partial charge in [0.05, 0.1) is 36.1 Å². The molecule has 254 valence electrons. The van der Waals surface area contributed by atoms with E-state index in [0.29, 0.717) is 48.5 Å². The molecule has 2 heterocycles. The van der Waals surface area contributed by atoms with E-state index >= 15 is 0 Å². The highest BCUT2D eigenvalue weighted by molar-refractivity contribution is 7.21. The average molecular weight is 698 g/mol. The molecule has 5 rings (SSSR count). The van der Waals surface area contributed by atoms with E-state index in [0.717, 1.165) is 24.3 Å². The zero-order chi connectivity index (χ0) is 35.0. The highest BCUT2D eigenvalue weighted by Crippen LogP contribution is 2.41. The number of benzene rings is 3. The third-order valence-corrected chi connectivity index (χ3v) is 8.95. The van der Waals surface area contributed by atoms with Crippen molar-refractivity contribution in [1.82, 2.24) is 4.90 Å². The van der Waals surface area contributed by atoms with E-state index in [-0.39, 0.29) is 56.8 Å². The van der Waals surface area contributed by atoms with E-state index in [1.54, 1.807) is 11.0 Å². The summed E-state index contributed by atoms with van der Waals surface area (Å²) in [5, 5.41) is 13.9. The second-order valence-corrected chi connectivity index (χ2v) is 11.9. The van der Waals surface area contributed by atoms with Crippen molar-refractivity contribution in [2.45, 2.75) is 31.1 Å². The lowest BCUT2D eigenvalue weighted by molar-refractivity contribution is -0.140. The Kier molecular flexibility index (Phi) is 9.69. The summed E-state index contributed by atoms with van der Waals surface area (Å²) in [7, 11) is 1.31. The number of hydrogen-bond acceptors (Lipinski definition) is 6. The second-order valence-electron chi connectivity index (χ2n) is 10.9. The van der Waals surface area contributed by atoms with Crippen LogP contribution < -0.4 is 15.4 Å². The smallest absolute Gasteiger partial charge is 0.419 e. The van der Waals surface area contributed by atoms with Crippen LogP contribution in [0.15, 0.2) is 54.6 Å². The van der Waals surface area contributed by atoms with Crippen LogP contribution in [0.3, 0.4) is 0 Å². The summed E-state index contributed by atoms with van der Waals surface area (Å²) in [5.41, 5.74) is -2.65. The van der Waals surface area contributed by atoms with Gasteiger partial charge in [0.1, 0.15) is 16.4 Å². The van der Waals surface area contributed by atoms with Crippen LogP contribution in [-0.2, 0) is 17.1 Å². The molecular weight excluding hydrogens is 671 g/mol. The van der Waals surface area contributed by atoms with Crippen molar-refractivity contribution in [2.24, 2.45) is 0 Å². The number of fused-ring (bicyclic) bond motifs is 1. The topological polar surface area (TPSA) is 108 Å². The average Bonchev–Trinajstić information content (AvgIpc) is 3.66. The number of rotatable bonds is 8. The fraction of sp³-hybridized carbons (Fsp3) is 0.281. The van der Waals surface area contributed by atoms with Crippen molar-refractivity contribution >= 4 is 50.5 Å². The zero-order valence-electron chi connectivity index (χ0n) is 24.9. The lowest BCUT2D eigenvalue weighted by atomic mass is 9.96. The number of anilines is 2. The summed E-state index contributed by atoms with van der Waals surface area (Å²) in [6.45, 7) is 0.488. The number of halogens is 7. The van der Waals surface area contributed by atoms with Crippen molar-refractivity contribution in [3.8, 4) is 5.75 Å². The summed E-state index contributed by atoms with van der Waals surface area (Å²) in [6.07, 6.45) is -9.26. The van der Waals surface area contributed by atoms with Crippen molar-refractivity contribution in [1.29, 1.82) is 0 Å². The third-order valence-electron chi connectivity index (χ3n) is 7.80. The number of likely N-dealkylation sites (tertiary alicyclic amines) is 1. The number of nitrogens with zero attached hydrogens (tertiary/aromatic N) is 1. The number of ether oxygens (including phenoxy) is 1. The van der Waals surface area contributed by atoms with E-state index in [2.05, 4.69) is 10.6 Å². The highest BCUT2D eigenvalue weighted by atomic mass is 32.1. The Balaban J connectivity index is 1.51. The number of nitrogens with one attached hydrogen (secondary N) is 2. The Morgan fingerprint density at radius 2 is 1.71 bits per heavy atom. The molecule has 1 unspecified atom stereocenters. The summed E-state index contributed by atoms with van der Waals surface area (Å²) < 4.78 is 99.5. The van der Waals surface area contributed by atoms with Crippen molar-refractivity contribution in [3.05, 3.63) is 87.5 Å². The first-order valence-electron chi connectivity index (χ1n) is 14.3. The SMILES string of the molecule is COc1ccc(C2CCN(C(=O)CCO)C2)cc1C(=O)Nc1c(C(=O)Nc2ccc(F)c(C(F)(F)F)c2)sc2cc(C(F)(F)F)ccc12. The highest BCUT2D eigenvalue weighted by Gasteiger charge is 2.35. The van der Waals surface area contributed by atoms with Gasteiger partial charge >= 0.3 is 12.4 Å². The minimum atomic E-state index is -5.07. The Bertz CT molecular complexity index is 1890. The van der Waals surface area contributed by atoms with Gasteiger partial charge in [0, 0.05) is 41.2 Å². The largest absolute Gasteiger partial charge is 0.496 e. The Morgan fingerprint density at radius 1 is 0.958 bits per heavy atom. The molecule has 1 fully saturated rings. The molecular formula is C32H26F7N3O5S. The summed E-state index contributed by atoms with van der Waals surface area (Å²) >= 11 is 0.562. The molecule has 3 aromatic carbocycles. The van der Waals surface area contributed by atoms with Gasteiger partial charge in [0.25, 0.3) is 11.8 Å². The predicted octanol–water partition coefficient (Wildman–Crippen LogP) is 7.29. The maximum Gasteiger partial charge on any atom is 0.419 e. The molecule has 8 nitrogen and oxygen atoms in total. The van der Waals surface area contributed by atoms with Crippen molar-refractivity contribution < 1.29 is 55.0 Å². The maximum absolute atomic E-state index is 13.8. The van der Waals surface area contributed by atoms with Crippen molar-refractivity contribution in [2.75, 3.05) is 37.4 Å². The molecule has 0 spiro atoms. The van der Waals surface area contributed by atoms with Crippen LogP contribution in [0.4, 0.5) is 42.1 Å². The standard InChI is InChI=1S/C32H26F7N3O5S/c1-47-24-7-2-16(17-8-10-42(15-17)26(44)9-11-43)12-21(24)29(45)41-27-20-5-3-18(31(34,35)36)13-25(20)48-28(27)30(46)40-19-4-6-23(33)22(14-19)32(37,38)39/h2-7,12-14,17,43H,8-11,15H2,1H3,(H,40,46)(H,41,45). The minimum absolute atomic E-state index is 0.00103. The van der Waals surface area contributed by atoms with Crippen LogP contribution in [-0.4, -0.2) is 54.5 Å². The molecule has 1 aliphatic rings. The fourth-order valence-electron chi connectivity index (χ4n) is 5.42. The molecule has 3 amide bonds. The molecule has 16 heteroatoms. The van der Waals surface area contributed by atoms with E-state index in [1.807, 2.05) is 0 Å². The lowest BCUT2D eigenvalue weighted by Crippen LogP contribution is -2.28. The molecule has 48 heavy (non-hydrogen) atoms. The number of amides is 3. The molecule has 1 saturated heterocycles. The molecule has 1 atom stereocenters. The van der Waals surface area contributed by atoms with E-state index < -0.39 is 46.8 Å². The molecule has 1 aliphatic heterocycles. The summed E-state index contributed by atoms with van der Waals surface area (Å²) in [5.74, 6) is -3.71. The number of thiophene rings is 1. The number of aliphatic hydroxyl groups excluding tert-OH is 1. The first-order valence-corrected chi connectivity index (χ1v) is 15.1. The molecule has 0 aliphatic carbocycles. The maximum atomic E-state index is 13.8. The molecule has 0 saturated carbocycles. The van der Waals surface area contributed by atoms with E-state index in [1.165, 1.54) is 19.2 Å².